The molecule has 124 valence electrons. The van der Waals surface area contributed by atoms with Crippen LogP contribution < -0.4 is 5.73 Å². The Balaban J connectivity index is 2.13. The van der Waals surface area contributed by atoms with Crippen molar-refractivity contribution in [3.63, 3.8) is 0 Å². The molecule has 0 fully saturated rings. The van der Waals surface area contributed by atoms with Crippen LogP contribution in [-0.2, 0) is 4.79 Å². The number of nitrogens with zero attached hydrogens (tertiary/aromatic N) is 3. The van der Waals surface area contributed by atoms with Gasteiger partial charge in [-0.1, -0.05) is 59.7 Å². The Morgan fingerprint density at radius 1 is 0.920 bits per heavy atom. The fraction of sp³-hybridized carbons (Fsp3) is 0.200. The molecule has 5 nitrogen and oxygen atoms in total. The molecule has 0 aromatic heterocycles. The molecule has 2 N–H and O–H groups in total. The maximum Gasteiger partial charge on any atom is 0.269 e. The molecule has 1 amide bonds. The largest absolute Gasteiger partial charge is 0.364 e. The normalized spacial score (nSPS) is 19.6. The van der Waals surface area contributed by atoms with E-state index in [1.165, 1.54) is 0 Å². The first-order valence-corrected chi connectivity index (χ1v) is 7.98. The number of hydrogen-bond acceptors (Lipinski definition) is 4. The second-order valence-electron chi connectivity index (χ2n) is 6.14. The van der Waals surface area contributed by atoms with Crippen LogP contribution in [0.1, 0.15) is 34.3 Å². The first-order chi connectivity index (χ1) is 12.0. The van der Waals surface area contributed by atoms with Gasteiger partial charge in [-0.05, 0) is 25.0 Å². The molecule has 1 aliphatic heterocycles. The Morgan fingerprint density at radius 2 is 1.36 bits per heavy atom. The van der Waals surface area contributed by atoms with E-state index >= 15 is 0 Å². The molecule has 0 saturated heterocycles. The number of carbonyl (C=O) groups is 1. The number of nitriles is 1. The van der Waals surface area contributed by atoms with Gasteiger partial charge < -0.3 is 5.73 Å². The fourth-order valence-corrected chi connectivity index (χ4v) is 2.84. The van der Waals surface area contributed by atoms with Crippen molar-refractivity contribution in [2.75, 3.05) is 0 Å². The van der Waals surface area contributed by atoms with E-state index in [1.54, 1.807) is 0 Å². The Morgan fingerprint density at radius 3 is 1.76 bits per heavy atom. The van der Waals surface area contributed by atoms with Gasteiger partial charge in [0.25, 0.3) is 5.91 Å². The van der Waals surface area contributed by atoms with E-state index in [0.29, 0.717) is 0 Å². The van der Waals surface area contributed by atoms with Crippen LogP contribution in [-0.4, -0.2) is 17.3 Å². The number of aliphatic imine (C=N–C) groups is 2. The van der Waals surface area contributed by atoms with E-state index in [0.717, 1.165) is 22.3 Å². The maximum atomic E-state index is 11.7. The van der Waals surface area contributed by atoms with E-state index < -0.39 is 11.9 Å². The summed E-state index contributed by atoms with van der Waals surface area (Å²) in [4.78, 5) is 20.7. The molecule has 3 rings (SSSR count). The van der Waals surface area contributed by atoms with Gasteiger partial charge in [-0.2, -0.15) is 5.26 Å². The summed E-state index contributed by atoms with van der Waals surface area (Å²) in [6.07, 6.45) is 0. The molecular weight excluding hydrogens is 312 g/mol. The van der Waals surface area contributed by atoms with Gasteiger partial charge in [-0.3, -0.25) is 14.8 Å². The van der Waals surface area contributed by atoms with Gasteiger partial charge in [0.05, 0.1) is 0 Å². The summed E-state index contributed by atoms with van der Waals surface area (Å²) >= 11 is 0. The molecule has 2 atom stereocenters. The first-order valence-electron chi connectivity index (χ1n) is 7.98. The fourth-order valence-electron chi connectivity index (χ4n) is 2.84. The van der Waals surface area contributed by atoms with E-state index in [9.17, 15) is 10.1 Å². The third kappa shape index (κ3) is 3.33. The summed E-state index contributed by atoms with van der Waals surface area (Å²) in [5.74, 6) is -0.736. The lowest BCUT2D eigenvalue weighted by molar-refractivity contribution is -0.111. The smallest absolute Gasteiger partial charge is 0.269 e. The number of aryl methyl sites for hydroxylation is 2. The third-order valence-electron chi connectivity index (χ3n) is 4.24. The SMILES string of the molecule is Cc1ccc(C2N=C(C#N)C(C(N)=O)=NC2c2ccc(C)cc2)cc1. The molecule has 0 radical (unpaired) electrons. The Bertz CT molecular complexity index is 902. The number of carbonyl (C=O) groups excluding carboxylic acids is 1. The summed E-state index contributed by atoms with van der Waals surface area (Å²) in [5, 5.41) is 9.34. The van der Waals surface area contributed by atoms with Gasteiger partial charge in [0.15, 0.2) is 11.4 Å². The summed E-state index contributed by atoms with van der Waals surface area (Å²) in [6, 6.07) is 17.0. The van der Waals surface area contributed by atoms with Crippen LogP contribution in [0, 0.1) is 25.2 Å². The second-order valence-corrected chi connectivity index (χ2v) is 6.14. The minimum atomic E-state index is -0.736. The topological polar surface area (TPSA) is 91.6 Å². The number of amides is 1. The van der Waals surface area contributed by atoms with Gasteiger partial charge in [0.1, 0.15) is 18.2 Å². The van der Waals surface area contributed by atoms with Gasteiger partial charge >= 0.3 is 0 Å². The summed E-state index contributed by atoms with van der Waals surface area (Å²) in [7, 11) is 0. The van der Waals surface area contributed by atoms with Crippen LogP contribution in [0.3, 0.4) is 0 Å². The number of rotatable bonds is 3. The van der Waals surface area contributed by atoms with E-state index in [1.807, 2.05) is 68.4 Å². The molecule has 0 saturated carbocycles. The standard InChI is InChI=1S/C20H18N4O/c1-12-3-7-14(8-4-12)17-18(15-9-5-13(2)6-10-15)24-19(20(22)25)16(11-21)23-17/h3-10,17-18H,1-2H3,(H2,22,25). The van der Waals surface area contributed by atoms with Gasteiger partial charge in [0, 0.05) is 0 Å². The monoisotopic (exact) mass is 330 g/mol. The highest BCUT2D eigenvalue weighted by Crippen LogP contribution is 2.38. The van der Waals surface area contributed by atoms with Crippen LogP contribution in [0.2, 0.25) is 0 Å². The number of benzene rings is 2. The average molecular weight is 330 g/mol. The molecule has 1 aliphatic rings. The Hall–Kier alpha value is -3.26. The molecule has 1 heterocycles. The van der Waals surface area contributed by atoms with Crippen molar-refractivity contribution in [1.82, 2.24) is 0 Å². The zero-order valence-electron chi connectivity index (χ0n) is 14.1. The lowest BCUT2D eigenvalue weighted by atomic mass is 9.91. The van der Waals surface area contributed by atoms with Crippen molar-refractivity contribution in [2.45, 2.75) is 25.9 Å². The predicted molar refractivity (Wildman–Crippen MR) is 97.5 cm³/mol. The van der Waals surface area contributed by atoms with Crippen molar-refractivity contribution in [3.8, 4) is 6.07 Å². The average Bonchev–Trinajstić information content (AvgIpc) is 2.62. The van der Waals surface area contributed by atoms with Gasteiger partial charge in [-0.15, -0.1) is 0 Å². The third-order valence-corrected chi connectivity index (χ3v) is 4.24. The van der Waals surface area contributed by atoms with Crippen molar-refractivity contribution < 1.29 is 4.79 Å². The Kier molecular flexibility index (Phi) is 4.44. The molecule has 0 spiro atoms. The zero-order chi connectivity index (χ0) is 18.0. The van der Waals surface area contributed by atoms with Crippen molar-refractivity contribution in [3.05, 3.63) is 70.8 Å². The highest BCUT2D eigenvalue weighted by Gasteiger charge is 2.32. The first kappa shape index (κ1) is 16.6. The van der Waals surface area contributed by atoms with Crippen LogP contribution in [0.15, 0.2) is 58.5 Å². The molecule has 5 heteroatoms. The van der Waals surface area contributed by atoms with E-state index in [4.69, 9.17) is 5.73 Å². The van der Waals surface area contributed by atoms with Crippen LogP contribution in [0.25, 0.3) is 0 Å². The van der Waals surface area contributed by atoms with Gasteiger partial charge in [-0.25, -0.2) is 0 Å². The highest BCUT2D eigenvalue weighted by molar-refractivity contribution is 6.70. The summed E-state index contributed by atoms with van der Waals surface area (Å²) < 4.78 is 0. The number of hydrogen-bond donors (Lipinski definition) is 1. The predicted octanol–water partition coefficient (Wildman–Crippen LogP) is 2.99. The minimum Gasteiger partial charge on any atom is -0.364 e. The van der Waals surface area contributed by atoms with Crippen LogP contribution in [0.4, 0.5) is 0 Å². The number of nitrogens with two attached hydrogens (primary N) is 1. The molecule has 2 unspecified atom stereocenters. The molecule has 25 heavy (non-hydrogen) atoms. The van der Waals surface area contributed by atoms with Crippen LogP contribution >= 0.6 is 0 Å². The number of primary amides is 1. The summed E-state index contributed by atoms with van der Waals surface area (Å²) in [6.45, 7) is 4.02. The van der Waals surface area contributed by atoms with Crippen molar-refractivity contribution in [2.24, 2.45) is 15.7 Å². The summed E-state index contributed by atoms with van der Waals surface area (Å²) in [5.41, 5.74) is 9.46. The lowest BCUT2D eigenvalue weighted by Gasteiger charge is -2.26. The molecule has 2 aromatic carbocycles. The molecular formula is C20H18N4O. The van der Waals surface area contributed by atoms with E-state index in [2.05, 4.69) is 9.98 Å². The maximum absolute atomic E-state index is 11.7. The minimum absolute atomic E-state index is 0.0126. The van der Waals surface area contributed by atoms with Crippen LogP contribution in [0.5, 0.6) is 0 Å². The van der Waals surface area contributed by atoms with Crippen molar-refractivity contribution >= 4 is 17.3 Å². The van der Waals surface area contributed by atoms with Crippen molar-refractivity contribution in [1.29, 1.82) is 5.26 Å². The van der Waals surface area contributed by atoms with E-state index in [-0.39, 0.29) is 17.5 Å². The van der Waals surface area contributed by atoms with Gasteiger partial charge in [0.2, 0.25) is 0 Å². The molecule has 0 aliphatic carbocycles. The molecule has 2 aromatic rings. The lowest BCUT2D eigenvalue weighted by Crippen LogP contribution is -2.34. The Labute approximate surface area is 146 Å². The molecule has 0 bridgehead atoms. The quantitative estimate of drug-likeness (QED) is 0.937. The second kappa shape index (κ2) is 6.70. The zero-order valence-corrected chi connectivity index (χ0v) is 14.1. The highest BCUT2D eigenvalue weighted by atomic mass is 16.1.